The van der Waals surface area contributed by atoms with Crippen molar-refractivity contribution < 1.29 is 14.0 Å². The fourth-order valence-electron chi connectivity index (χ4n) is 8.85. The second-order valence-electron chi connectivity index (χ2n) is 13.2. The average Bonchev–Trinajstić information content (AvgIpc) is 3.08. The van der Waals surface area contributed by atoms with Gasteiger partial charge in [-0.05, 0) is 111 Å². The Kier molecular flexibility index (Phi) is 6.68. The highest BCUT2D eigenvalue weighted by Crippen LogP contribution is 2.68. The lowest BCUT2D eigenvalue weighted by Gasteiger charge is -2.60. The number of allylic oxidation sites excluding steroid dienone is 2. The predicted molar refractivity (Wildman–Crippen MR) is 134 cm³/mol. The molecule has 32 heavy (non-hydrogen) atoms. The van der Waals surface area contributed by atoms with E-state index in [1.807, 2.05) is 0 Å². The van der Waals surface area contributed by atoms with E-state index in [2.05, 4.69) is 46.5 Å². The van der Waals surface area contributed by atoms with Crippen molar-refractivity contribution in [2.24, 2.45) is 46.3 Å². The van der Waals surface area contributed by atoms with E-state index in [1.54, 1.807) is 0 Å². The maximum Gasteiger partial charge on any atom is 0.305 e. The Labute approximate surface area is 198 Å². The minimum atomic E-state index is -1.63. The molecule has 4 rings (SSSR count). The number of fused-ring (bicyclic) bond motifs is 5. The molecule has 3 saturated carbocycles. The summed E-state index contributed by atoms with van der Waals surface area (Å²) in [5.74, 6) is 5.56. The summed E-state index contributed by atoms with van der Waals surface area (Å²) in [6, 6.07) is 0. The van der Waals surface area contributed by atoms with Crippen LogP contribution in [-0.4, -0.2) is 21.4 Å². The number of carbonyl (C=O) groups excluding carboxylic acids is 1. The maximum absolute atomic E-state index is 11.8. The SMILES string of the molecule is COC(=O)CC[C@@H](C)C1CCC2C3C=C(O[Si](C)(C)C)[C@@H]4CCCC[C@]4(C)C3CC[C@@]21C. The molecule has 0 heterocycles. The molecule has 182 valence electrons. The van der Waals surface area contributed by atoms with Gasteiger partial charge < -0.3 is 9.16 Å². The predicted octanol–water partition coefficient (Wildman–Crippen LogP) is 7.58. The normalized spacial score (nSPS) is 42.2. The summed E-state index contributed by atoms with van der Waals surface area (Å²) in [5.41, 5.74) is 0.817. The topological polar surface area (TPSA) is 35.5 Å². The van der Waals surface area contributed by atoms with Crippen LogP contribution < -0.4 is 0 Å². The molecule has 0 amide bonds. The zero-order valence-electron chi connectivity index (χ0n) is 21.8. The van der Waals surface area contributed by atoms with Gasteiger partial charge in [-0.25, -0.2) is 0 Å². The van der Waals surface area contributed by atoms with Crippen molar-refractivity contribution in [3.63, 3.8) is 0 Å². The lowest BCUT2D eigenvalue weighted by Crippen LogP contribution is -2.53. The number of rotatable bonds is 6. The number of hydrogen-bond donors (Lipinski definition) is 0. The van der Waals surface area contributed by atoms with Gasteiger partial charge in [0.25, 0.3) is 0 Å². The molecule has 0 spiro atoms. The first-order valence-electron chi connectivity index (χ1n) is 13.5. The lowest BCUT2D eigenvalue weighted by molar-refractivity contribution is -0.141. The zero-order valence-corrected chi connectivity index (χ0v) is 22.8. The first-order chi connectivity index (χ1) is 15.0. The third-order valence-corrected chi connectivity index (χ3v) is 11.2. The van der Waals surface area contributed by atoms with Crippen molar-refractivity contribution in [1.82, 2.24) is 0 Å². The maximum atomic E-state index is 11.8. The molecule has 3 nitrogen and oxygen atoms in total. The molecule has 0 N–H and O–H groups in total. The third kappa shape index (κ3) is 4.23. The second-order valence-corrected chi connectivity index (χ2v) is 17.6. The monoisotopic (exact) mass is 460 g/mol. The summed E-state index contributed by atoms with van der Waals surface area (Å²) in [6.07, 6.45) is 15.1. The van der Waals surface area contributed by atoms with Crippen molar-refractivity contribution in [1.29, 1.82) is 0 Å². The van der Waals surface area contributed by atoms with E-state index in [0.29, 0.717) is 35.0 Å². The van der Waals surface area contributed by atoms with Gasteiger partial charge in [-0.3, -0.25) is 4.79 Å². The van der Waals surface area contributed by atoms with Gasteiger partial charge in [-0.2, -0.15) is 0 Å². The summed E-state index contributed by atoms with van der Waals surface area (Å²) in [7, 11) is -0.122. The summed E-state index contributed by atoms with van der Waals surface area (Å²) < 4.78 is 11.8. The molecule has 0 aliphatic heterocycles. The van der Waals surface area contributed by atoms with Crippen molar-refractivity contribution in [2.45, 2.75) is 105 Å². The van der Waals surface area contributed by atoms with Crippen LogP contribution in [-0.2, 0) is 14.0 Å². The molecule has 4 heteroatoms. The van der Waals surface area contributed by atoms with Crippen molar-refractivity contribution in [2.75, 3.05) is 7.11 Å². The molecule has 0 aromatic heterocycles. The Morgan fingerprint density at radius 2 is 1.78 bits per heavy atom. The van der Waals surface area contributed by atoms with Gasteiger partial charge in [0, 0.05) is 12.3 Å². The lowest BCUT2D eigenvalue weighted by atomic mass is 9.46. The summed E-state index contributed by atoms with van der Waals surface area (Å²) in [4.78, 5) is 11.8. The molecular weight excluding hydrogens is 412 g/mol. The average molecular weight is 461 g/mol. The van der Waals surface area contributed by atoms with Crippen molar-refractivity contribution >= 4 is 14.3 Å². The first kappa shape index (κ1) is 24.4. The highest BCUT2D eigenvalue weighted by molar-refractivity contribution is 6.70. The van der Waals surface area contributed by atoms with Gasteiger partial charge in [0.05, 0.1) is 12.9 Å². The molecule has 4 aliphatic carbocycles. The molecule has 3 fully saturated rings. The summed E-state index contributed by atoms with van der Waals surface area (Å²) in [5, 5.41) is 0. The molecule has 0 aromatic rings. The summed E-state index contributed by atoms with van der Waals surface area (Å²) in [6.45, 7) is 14.7. The van der Waals surface area contributed by atoms with Crippen molar-refractivity contribution in [3.05, 3.63) is 11.8 Å². The quantitative estimate of drug-likeness (QED) is 0.303. The van der Waals surface area contributed by atoms with Gasteiger partial charge in [0.2, 0.25) is 8.32 Å². The van der Waals surface area contributed by atoms with Crippen LogP contribution >= 0.6 is 0 Å². The van der Waals surface area contributed by atoms with Crippen LogP contribution in [0.4, 0.5) is 0 Å². The Bertz CT molecular complexity index is 739. The standard InChI is InChI=1S/C28H48O3Si/c1-19(11-14-26(29)30-4)21-12-13-22-20-18-25(31-32(5,6)7)24-10-8-9-16-27(24,2)23(20)15-17-28(21,22)3/h18-24H,8-17H2,1-7H3/t19-,20?,21?,22?,23?,24+,27-,28-/m1/s1. The molecule has 0 bridgehead atoms. The van der Waals surface area contributed by atoms with Crippen LogP contribution in [0, 0.1) is 46.3 Å². The number of carbonyl (C=O) groups is 1. The Balaban J connectivity index is 1.62. The molecule has 0 aromatic carbocycles. The molecule has 0 saturated heterocycles. The van der Waals surface area contributed by atoms with Crippen LogP contribution in [0.2, 0.25) is 19.6 Å². The van der Waals surface area contributed by atoms with Gasteiger partial charge in [0.1, 0.15) is 0 Å². The molecule has 8 atom stereocenters. The number of ether oxygens (including phenoxy) is 1. The number of hydrogen-bond acceptors (Lipinski definition) is 3. The van der Waals surface area contributed by atoms with Gasteiger partial charge in [-0.1, -0.05) is 33.6 Å². The molecular formula is C28H48O3Si. The number of methoxy groups -OCH3 is 1. The highest BCUT2D eigenvalue weighted by Gasteiger charge is 2.60. The van der Waals surface area contributed by atoms with Crippen LogP contribution in [0.3, 0.4) is 0 Å². The Morgan fingerprint density at radius 3 is 2.47 bits per heavy atom. The number of esters is 1. The Morgan fingerprint density at radius 1 is 1.06 bits per heavy atom. The van der Waals surface area contributed by atoms with Crippen LogP contribution in [0.15, 0.2) is 11.8 Å². The van der Waals surface area contributed by atoms with Crippen LogP contribution in [0.5, 0.6) is 0 Å². The summed E-state index contributed by atoms with van der Waals surface area (Å²) >= 11 is 0. The molecule has 0 radical (unpaired) electrons. The van der Waals surface area contributed by atoms with Gasteiger partial charge in [-0.15, -0.1) is 0 Å². The molecule has 4 unspecified atom stereocenters. The van der Waals surface area contributed by atoms with E-state index in [4.69, 9.17) is 9.16 Å². The first-order valence-corrected chi connectivity index (χ1v) is 16.9. The van der Waals surface area contributed by atoms with Crippen LogP contribution in [0.1, 0.15) is 85.0 Å². The fraction of sp³-hybridized carbons (Fsp3) is 0.893. The smallest absolute Gasteiger partial charge is 0.305 e. The molecule has 4 aliphatic rings. The van der Waals surface area contributed by atoms with E-state index in [0.717, 1.165) is 24.2 Å². The largest absolute Gasteiger partial charge is 0.547 e. The van der Waals surface area contributed by atoms with E-state index in [1.165, 1.54) is 64.2 Å². The fourth-order valence-corrected chi connectivity index (χ4v) is 9.77. The minimum absolute atomic E-state index is 0.0557. The Hall–Kier alpha value is -0.773. The second kappa shape index (κ2) is 8.78. The van der Waals surface area contributed by atoms with Gasteiger partial charge >= 0.3 is 5.97 Å². The third-order valence-electron chi connectivity index (χ3n) is 10.3. The minimum Gasteiger partial charge on any atom is -0.547 e. The van der Waals surface area contributed by atoms with E-state index >= 15 is 0 Å². The van der Waals surface area contributed by atoms with E-state index in [-0.39, 0.29) is 5.97 Å². The van der Waals surface area contributed by atoms with Gasteiger partial charge in [0.15, 0.2) is 0 Å². The van der Waals surface area contributed by atoms with E-state index in [9.17, 15) is 4.79 Å². The van der Waals surface area contributed by atoms with Crippen LogP contribution in [0.25, 0.3) is 0 Å². The van der Waals surface area contributed by atoms with Crippen molar-refractivity contribution in [3.8, 4) is 0 Å². The highest BCUT2D eigenvalue weighted by atomic mass is 28.4. The van der Waals surface area contributed by atoms with E-state index < -0.39 is 8.32 Å². The zero-order chi connectivity index (χ0) is 23.3.